The van der Waals surface area contributed by atoms with Crippen LogP contribution in [0.1, 0.15) is 31.4 Å². The number of rotatable bonds is 3. The molecule has 1 aliphatic rings. The van der Waals surface area contributed by atoms with Crippen LogP contribution in [0.15, 0.2) is 0 Å². The van der Waals surface area contributed by atoms with Gasteiger partial charge in [0, 0.05) is 13.7 Å². The molecule has 1 fully saturated rings. The van der Waals surface area contributed by atoms with Crippen molar-refractivity contribution in [2.75, 3.05) is 13.7 Å². The van der Waals surface area contributed by atoms with Crippen LogP contribution in [0.2, 0.25) is 0 Å². The Balaban J connectivity index is 2.00. The maximum absolute atomic E-state index is 12.2. The monoisotopic (exact) mass is 238 g/mol. The molecule has 1 N–H and O–H groups in total. The summed E-state index contributed by atoms with van der Waals surface area (Å²) < 4.78 is 5.53. The highest BCUT2D eigenvalue weighted by Crippen LogP contribution is 2.27. The number of ether oxygens (including phenoxy) is 1. The number of aromatic nitrogens is 3. The summed E-state index contributed by atoms with van der Waals surface area (Å²) >= 11 is 0. The standard InChI is InChI=1S/C11H18N4O2/c1-8-12-9(14-13-8)7-15(3)10(16)11(2)5-4-6-17-11/h4-7H2,1-3H3,(H,12,13,14). The Morgan fingerprint density at radius 3 is 2.94 bits per heavy atom. The zero-order chi connectivity index (χ0) is 12.5. The molecule has 1 aliphatic heterocycles. The molecule has 6 heteroatoms. The molecule has 1 atom stereocenters. The summed E-state index contributed by atoms with van der Waals surface area (Å²) in [5.41, 5.74) is -0.667. The Labute approximate surface area is 100 Å². The number of H-pyrrole nitrogens is 1. The van der Waals surface area contributed by atoms with E-state index in [4.69, 9.17) is 4.74 Å². The highest BCUT2D eigenvalue weighted by atomic mass is 16.5. The van der Waals surface area contributed by atoms with Gasteiger partial charge in [0.15, 0.2) is 5.82 Å². The highest BCUT2D eigenvalue weighted by molar-refractivity contribution is 5.84. The van der Waals surface area contributed by atoms with Crippen molar-refractivity contribution in [3.05, 3.63) is 11.6 Å². The van der Waals surface area contributed by atoms with Crippen LogP contribution in [-0.2, 0) is 16.1 Å². The molecular weight excluding hydrogens is 220 g/mol. The van der Waals surface area contributed by atoms with Gasteiger partial charge < -0.3 is 9.64 Å². The van der Waals surface area contributed by atoms with E-state index in [1.807, 2.05) is 13.8 Å². The fraction of sp³-hybridized carbons (Fsp3) is 0.727. The van der Waals surface area contributed by atoms with Crippen molar-refractivity contribution in [1.29, 1.82) is 0 Å². The van der Waals surface area contributed by atoms with Crippen molar-refractivity contribution in [1.82, 2.24) is 20.1 Å². The topological polar surface area (TPSA) is 71.1 Å². The van der Waals surface area contributed by atoms with Crippen LogP contribution in [0.4, 0.5) is 0 Å². The van der Waals surface area contributed by atoms with E-state index < -0.39 is 5.60 Å². The van der Waals surface area contributed by atoms with E-state index in [2.05, 4.69) is 15.2 Å². The Hall–Kier alpha value is -1.43. The first-order chi connectivity index (χ1) is 8.01. The van der Waals surface area contributed by atoms with Gasteiger partial charge in [0.25, 0.3) is 5.91 Å². The predicted octanol–water partition coefficient (Wildman–Crippen LogP) is 0.641. The molecule has 0 bridgehead atoms. The number of nitrogens with zero attached hydrogens (tertiary/aromatic N) is 3. The summed E-state index contributed by atoms with van der Waals surface area (Å²) in [4.78, 5) is 18.0. The fourth-order valence-corrected chi connectivity index (χ4v) is 2.10. The first-order valence-corrected chi connectivity index (χ1v) is 5.79. The largest absolute Gasteiger partial charge is 0.365 e. The molecule has 6 nitrogen and oxygen atoms in total. The normalized spacial score (nSPS) is 23.9. The van der Waals surface area contributed by atoms with Gasteiger partial charge in [-0.15, -0.1) is 0 Å². The molecule has 0 spiro atoms. The highest BCUT2D eigenvalue weighted by Gasteiger charge is 2.39. The minimum Gasteiger partial charge on any atom is -0.365 e. The molecule has 0 saturated carbocycles. The molecule has 0 aliphatic carbocycles. The van der Waals surface area contributed by atoms with Crippen LogP contribution in [0, 0.1) is 6.92 Å². The lowest BCUT2D eigenvalue weighted by Crippen LogP contribution is -2.44. The fourth-order valence-electron chi connectivity index (χ4n) is 2.10. The maximum atomic E-state index is 12.2. The van der Waals surface area contributed by atoms with Crippen molar-refractivity contribution in [3.8, 4) is 0 Å². The molecule has 1 saturated heterocycles. The lowest BCUT2D eigenvalue weighted by Gasteiger charge is -2.27. The van der Waals surface area contributed by atoms with Crippen LogP contribution in [0.25, 0.3) is 0 Å². The zero-order valence-corrected chi connectivity index (χ0v) is 10.5. The third kappa shape index (κ3) is 2.46. The summed E-state index contributed by atoms with van der Waals surface area (Å²) in [6.07, 6.45) is 1.72. The minimum absolute atomic E-state index is 0.00236. The van der Waals surface area contributed by atoms with Crippen molar-refractivity contribution >= 4 is 5.91 Å². The second kappa shape index (κ2) is 4.44. The predicted molar refractivity (Wildman–Crippen MR) is 61.2 cm³/mol. The van der Waals surface area contributed by atoms with E-state index in [0.717, 1.165) is 18.7 Å². The Morgan fingerprint density at radius 2 is 2.41 bits per heavy atom. The molecule has 0 aromatic carbocycles. The van der Waals surface area contributed by atoms with E-state index >= 15 is 0 Å². The van der Waals surface area contributed by atoms with Gasteiger partial charge in [-0.1, -0.05) is 0 Å². The summed E-state index contributed by atoms with van der Waals surface area (Å²) in [6, 6.07) is 0. The van der Waals surface area contributed by atoms with Crippen LogP contribution < -0.4 is 0 Å². The van der Waals surface area contributed by atoms with Crippen LogP contribution in [0.3, 0.4) is 0 Å². The third-order valence-corrected chi connectivity index (χ3v) is 3.04. The smallest absolute Gasteiger partial charge is 0.254 e. The van der Waals surface area contributed by atoms with Gasteiger partial charge in [-0.05, 0) is 26.7 Å². The Morgan fingerprint density at radius 1 is 1.65 bits per heavy atom. The maximum Gasteiger partial charge on any atom is 0.254 e. The number of amides is 1. The molecule has 0 radical (unpaired) electrons. The Bertz CT molecular complexity index is 409. The van der Waals surface area contributed by atoms with Crippen molar-refractivity contribution in [3.63, 3.8) is 0 Å². The van der Waals surface area contributed by atoms with Gasteiger partial charge in [0.2, 0.25) is 0 Å². The quantitative estimate of drug-likeness (QED) is 0.839. The van der Waals surface area contributed by atoms with Crippen LogP contribution in [-0.4, -0.2) is 45.2 Å². The number of hydrogen-bond acceptors (Lipinski definition) is 4. The van der Waals surface area contributed by atoms with Crippen molar-refractivity contribution in [2.24, 2.45) is 0 Å². The van der Waals surface area contributed by atoms with E-state index in [1.165, 1.54) is 0 Å². The lowest BCUT2D eigenvalue weighted by molar-refractivity contribution is -0.150. The number of carbonyl (C=O) groups is 1. The van der Waals surface area contributed by atoms with Gasteiger partial charge in [-0.25, -0.2) is 4.98 Å². The van der Waals surface area contributed by atoms with Crippen molar-refractivity contribution < 1.29 is 9.53 Å². The lowest BCUT2D eigenvalue weighted by atomic mass is 10.0. The number of aromatic amines is 1. The van der Waals surface area contributed by atoms with Gasteiger partial charge in [0.1, 0.15) is 11.4 Å². The average molecular weight is 238 g/mol. The molecular formula is C11H18N4O2. The number of nitrogens with one attached hydrogen (secondary N) is 1. The van der Waals surface area contributed by atoms with E-state index in [9.17, 15) is 4.79 Å². The Kier molecular flexibility index (Phi) is 3.15. The summed E-state index contributed by atoms with van der Waals surface area (Å²) in [5.74, 6) is 1.38. The van der Waals surface area contributed by atoms with E-state index in [-0.39, 0.29) is 5.91 Å². The zero-order valence-electron chi connectivity index (χ0n) is 10.5. The molecule has 1 unspecified atom stereocenters. The van der Waals surface area contributed by atoms with Gasteiger partial charge in [0.05, 0.1) is 6.54 Å². The van der Waals surface area contributed by atoms with E-state index in [1.54, 1.807) is 11.9 Å². The third-order valence-electron chi connectivity index (χ3n) is 3.04. The second-order valence-corrected chi connectivity index (χ2v) is 4.68. The second-order valence-electron chi connectivity index (χ2n) is 4.68. The SMILES string of the molecule is Cc1nc(CN(C)C(=O)C2(C)CCCO2)n[nH]1. The summed E-state index contributed by atoms with van der Waals surface area (Å²) in [5, 5.41) is 6.78. The van der Waals surface area contributed by atoms with Crippen LogP contribution in [0.5, 0.6) is 0 Å². The van der Waals surface area contributed by atoms with Crippen molar-refractivity contribution in [2.45, 2.75) is 38.8 Å². The molecule has 1 aromatic heterocycles. The van der Waals surface area contributed by atoms with Gasteiger partial charge in [-0.3, -0.25) is 9.89 Å². The number of carbonyl (C=O) groups excluding carboxylic acids is 1. The van der Waals surface area contributed by atoms with E-state index in [0.29, 0.717) is 19.0 Å². The molecule has 17 heavy (non-hydrogen) atoms. The van der Waals surface area contributed by atoms with Gasteiger partial charge in [-0.2, -0.15) is 5.10 Å². The van der Waals surface area contributed by atoms with Crippen LogP contribution >= 0.6 is 0 Å². The summed E-state index contributed by atoms with van der Waals surface area (Å²) in [7, 11) is 1.75. The molecule has 1 amide bonds. The minimum atomic E-state index is -0.667. The molecule has 2 rings (SSSR count). The molecule has 94 valence electrons. The number of hydrogen-bond donors (Lipinski definition) is 1. The van der Waals surface area contributed by atoms with Gasteiger partial charge >= 0.3 is 0 Å². The summed E-state index contributed by atoms with van der Waals surface area (Å²) in [6.45, 7) is 4.75. The number of aryl methyl sites for hydroxylation is 1. The first kappa shape index (κ1) is 12.0. The first-order valence-electron chi connectivity index (χ1n) is 5.79. The molecule has 2 heterocycles. The molecule has 1 aromatic rings. The number of likely N-dealkylation sites (N-methyl/N-ethyl adjacent to an activating group) is 1. The average Bonchev–Trinajstić information content (AvgIpc) is 2.88.